The normalized spacial score (nSPS) is 12.1. The Labute approximate surface area is 133 Å². The number of hydrogen-bond donors (Lipinski definition) is 1. The molecule has 0 unspecified atom stereocenters. The molecule has 2 aromatic heterocycles. The zero-order chi connectivity index (χ0) is 14.9. The molecule has 0 aliphatic rings. The summed E-state index contributed by atoms with van der Waals surface area (Å²) in [7, 11) is 0. The first-order valence-electron chi connectivity index (χ1n) is 6.78. The molecule has 0 aliphatic carbocycles. The standard InChI is InChI=1S/C15H22BrN3S/c1-10-13(8-17-15(3,4)5)11(2)19(18-10)9-12-6-7-14(16)20-12/h6-7,17H,8-9H2,1-5H3. The van der Waals surface area contributed by atoms with E-state index in [-0.39, 0.29) is 5.54 Å². The molecule has 0 aliphatic heterocycles. The molecule has 110 valence electrons. The zero-order valence-electron chi connectivity index (χ0n) is 12.7. The minimum absolute atomic E-state index is 0.125. The van der Waals surface area contributed by atoms with Crippen LogP contribution in [-0.4, -0.2) is 15.3 Å². The van der Waals surface area contributed by atoms with E-state index in [9.17, 15) is 0 Å². The SMILES string of the molecule is Cc1nn(Cc2ccc(Br)s2)c(C)c1CNC(C)(C)C. The van der Waals surface area contributed by atoms with Crippen LogP contribution < -0.4 is 5.32 Å². The fourth-order valence-corrected chi connectivity index (χ4v) is 3.55. The molecule has 0 aromatic carbocycles. The van der Waals surface area contributed by atoms with Gasteiger partial charge in [0.1, 0.15) is 0 Å². The van der Waals surface area contributed by atoms with Crippen LogP contribution in [0.1, 0.15) is 42.6 Å². The van der Waals surface area contributed by atoms with Crippen LogP contribution in [0.5, 0.6) is 0 Å². The molecule has 0 radical (unpaired) electrons. The van der Waals surface area contributed by atoms with E-state index in [1.54, 1.807) is 11.3 Å². The molecule has 0 saturated carbocycles. The molecular formula is C15H22BrN3S. The second kappa shape index (κ2) is 6.00. The average Bonchev–Trinajstić information content (AvgIpc) is 2.82. The highest BCUT2D eigenvalue weighted by atomic mass is 79.9. The van der Waals surface area contributed by atoms with E-state index >= 15 is 0 Å². The summed E-state index contributed by atoms with van der Waals surface area (Å²) in [6.45, 7) is 12.5. The van der Waals surface area contributed by atoms with Crippen LogP contribution in [0.3, 0.4) is 0 Å². The van der Waals surface area contributed by atoms with Crippen molar-refractivity contribution in [1.29, 1.82) is 0 Å². The summed E-state index contributed by atoms with van der Waals surface area (Å²) in [5, 5.41) is 8.23. The van der Waals surface area contributed by atoms with Crippen LogP contribution >= 0.6 is 27.3 Å². The highest BCUT2D eigenvalue weighted by Crippen LogP contribution is 2.24. The molecule has 0 atom stereocenters. The van der Waals surface area contributed by atoms with Gasteiger partial charge in [0.2, 0.25) is 0 Å². The summed E-state index contributed by atoms with van der Waals surface area (Å²) < 4.78 is 3.27. The second-order valence-electron chi connectivity index (χ2n) is 6.12. The fourth-order valence-electron chi connectivity index (χ4n) is 2.08. The zero-order valence-corrected chi connectivity index (χ0v) is 15.2. The quantitative estimate of drug-likeness (QED) is 0.887. The van der Waals surface area contributed by atoms with Crippen molar-refractivity contribution < 1.29 is 0 Å². The van der Waals surface area contributed by atoms with E-state index in [4.69, 9.17) is 0 Å². The number of halogens is 1. The van der Waals surface area contributed by atoms with Crippen molar-refractivity contribution in [1.82, 2.24) is 15.1 Å². The molecule has 0 fully saturated rings. The van der Waals surface area contributed by atoms with Gasteiger partial charge in [-0.15, -0.1) is 11.3 Å². The number of rotatable bonds is 4. The lowest BCUT2D eigenvalue weighted by atomic mass is 10.1. The van der Waals surface area contributed by atoms with E-state index in [0.29, 0.717) is 0 Å². The largest absolute Gasteiger partial charge is 0.308 e. The minimum Gasteiger partial charge on any atom is -0.308 e. The second-order valence-corrected chi connectivity index (χ2v) is 8.66. The highest BCUT2D eigenvalue weighted by molar-refractivity contribution is 9.11. The Morgan fingerprint density at radius 1 is 1.30 bits per heavy atom. The predicted octanol–water partition coefficient (Wildman–Crippen LogP) is 4.26. The van der Waals surface area contributed by atoms with Crippen molar-refractivity contribution in [2.75, 3.05) is 0 Å². The van der Waals surface area contributed by atoms with Crippen LogP contribution in [0.4, 0.5) is 0 Å². The maximum atomic E-state index is 4.68. The van der Waals surface area contributed by atoms with Gasteiger partial charge < -0.3 is 5.32 Å². The van der Waals surface area contributed by atoms with E-state index < -0.39 is 0 Å². The van der Waals surface area contributed by atoms with E-state index in [0.717, 1.165) is 18.8 Å². The summed E-state index contributed by atoms with van der Waals surface area (Å²) in [5.74, 6) is 0. The molecule has 2 heterocycles. The summed E-state index contributed by atoms with van der Waals surface area (Å²) in [6, 6.07) is 4.24. The molecule has 2 aromatic rings. The molecule has 0 saturated heterocycles. The van der Waals surface area contributed by atoms with Gasteiger partial charge in [0, 0.05) is 28.2 Å². The number of thiophene rings is 1. The van der Waals surface area contributed by atoms with Gasteiger partial charge in [-0.3, -0.25) is 4.68 Å². The Morgan fingerprint density at radius 2 is 2.00 bits per heavy atom. The Kier molecular flexibility index (Phi) is 4.72. The van der Waals surface area contributed by atoms with Crippen LogP contribution in [0.2, 0.25) is 0 Å². The van der Waals surface area contributed by atoms with Crippen molar-refractivity contribution in [3.05, 3.63) is 37.7 Å². The Bertz CT molecular complexity index is 593. The van der Waals surface area contributed by atoms with Crippen LogP contribution in [0.15, 0.2) is 15.9 Å². The molecule has 3 nitrogen and oxygen atoms in total. The molecule has 0 amide bonds. The van der Waals surface area contributed by atoms with Gasteiger partial charge >= 0.3 is 0 Å². The Hall–Kier alpha value is -0.650. The third kappa shape index (κ3) is 3.93. The van der Waals surface area contributed by atoms with Crippen LogP contribution in [0, 0.1) is 13.8 Å². The van der Waals surface area contributed by atoms with Crippen molar-refractivity contribution in [3.8, 4) is 0 Å². The summed E-state index contributed by atoms with van der Waals surface area (Å²) in [4.78, 5) is 1.32. The lowest BCUT2D eigenvalue weighted by molar-refractivity contribution is 0.423. The predicted molar refractivity (Wildman–Crippen MR) is 89.4 cm³/mol. The summed E-state index contributed by atoms with van der Waals surface area (Å²) >= 11 is 5.27. The first-order valence-corrected chi connectivity index (χ1v) is 8.39. The molecule has 1 N–H and O–H groups in total. The molecular weight excluding hydrogens is 334 g/mol. The number of hydrogen-bond acceptors (Lipinski definition) is 3. The van der Waals surface area contributed by atoms with Crippen molar-refractivity contribution >= 4 is 27.3 Å². The van der Waals surface area contributed by atoms with E-state index in [1.165, 1.54) is 19.9 Å². The van der Waals surface area contributed by atoms with Gasteiger partial charge in [0.05, 0.1) is 16.0 Å². The average molecular weight is 356 g/mol. The Balaban J connectivity index is 2.16. The first-order chi connectivity index (χ1) is 9.26. The topological polar surface area (TPSA) is 29.9 Å². The lowest BCUT2D eigenvalue weighted by Crippen LogP contribution is -2.35. The first kappa shape index (κ1) is 15.7. The van der Waals surface area contributed by atoms with Gasteiger partial charge in [0.25, 0.3) is 0 Å². The van der Waals surface area contributed by atoms with Crippen LogP contribution in [-0.2, 0) is 13.1 Å². The fraction of sp³-hybridized carbons (Fsp3) is 0.533. The molecule has 2 rings (SSSR count). The Morgan fingerprint density at radius 3 is 2.55 bits per heavy atom. The maximum Gasteiger partial charge on any atom is 0.0755 e. The lowest BCUT2D eigenvalue weighted by Gasteiger charge is -2.20. The van der Waals surface area contributed by atoms with Gasteiger partial charge in [-0.2, -0.15) is 5.10 Å². The highest BCUT2D eigenvalue weighted by Gasteiger charge is 2.15. The molecule has 0 spiro atoms. The van der Waals surface area contributed by atoms with Crippen molar-refractivity contribution in [3.63, 3.8) is 0 Å². The maximum absolute atomic E-state index is 4.68. The molecule has 20 heavy (non-hydrogen) atoms. The summed E-state index contributed by atoms with van der Waals surface area (Å²) in [6.07, 6.45) is 0. The number of aromatic nitrogens is 2. The van der Waals surface area contributed by atoms with Gasteiger partial charge in [-0.25, -0.2) is 0 Å². The van der Waals surface area contributed by atoms with Crippen molar-refractivity contribution in [2.45, 2.75) is 53.2 Å². The summed E-state index contributed by atoms with van der Waals surface area (Å²) in [5.41, 5.74) is 3.81. The number of aryl methyl sites for hydroxylation is 1. The van der Waals surface area contributed by atoms with Crippen LogP contribution in [0.25, 0.3) is 0 Å². The van der Waals surface area contributed by atoms with Gasteiger partial charge in [-0.05, 0) is 62.7 Å². The van der Waals surface area contributed by atoms with Crippen molar-refractivity contribution in [2.24, 2.45) is 0 Å². The third-order valence-electron chi connectivity index (χ3n) is 3.26. The smallest absolute Gasteiger partial charge is 0.0755 e. The van der Waals surface area contributed by atoms with E-state index in [1.807, 2.05) is 0 Å². The minimum atomic E-state index is 0.125. The number of nitrogens with one attached hydrogen (secondary N) is 1. The monoisotopic (exact) mass is 355 g/mol. The number of nitrogens with zero attached hydrogens (tertiary/aromatic N) is 2. The van der Waals surface area contributed by atoms with E-state index in [2.05, 4.69) is 77.8 Å². The third-order valence-corrected chi connectivity index (χ3v) is 4.87. The molecule has 5 heteroatoms. The van der Waals surface area contributed by atoms with Gasteiger partial charge in [-0.1, -0.05) is 0 Å². The molecule has 0 bridgehead atoms. The van der Waals surface area contributed by atoms with Gasteiger partial charge in [0.15, 0.2) is 0 Å².